The maximum atomic E-state index is 12.7. The summed E-state index contributed by atoms with van der Waals surface area (Å²) in [7, 11) is 0. The monoisotopic (exact) mass is 277 g/mol. The van der Waals surface area contributed by atoms with Gasteiger partial charge in [-0.1, -0.05) is 12.1 Å². The minimum absolute atomic E-state index is 0.275. The number of halogens is 3. The van der Waals surface area contributed by atoms with Gasteiger partial charge in [-0.05, 0) is 36.8 Å². The Labute approximate surface area is 113 Å². The minimum atomic E-state index is -4.41. The quantitative estimate of drug-likeness (QED) is 0.738. The lowest BCUT2D eigenvalue weighted by molar-refractivity contribution is -0.137. The zero-order valence-corrected chi connectivity index (χ0v) is 10.5. The number of aromatic nitrogens is 1. The number of hydrogen-bond acceptors (Lipinski definition) is 2. The lowest BCUT2D eigenvalue weighted by Gasteiger charge is -2.11. The molecule has 2 aromatic rings. The molecule has 0 aliphatic rings. The molecule has 2 rings (SSSR count). The van der Waals surface area contributed by atoms with Gasteiger partial charge >= 0.3 is 6.18 Å². The summed E-state index contributed by atoms with van der Waals surface area (Å²) in [6, 6.07) is 8.20. The van der Waals surface area contributed by atoms with E-state index in [0.29, 0.717) is 5.69 Å². The van der Waals surface area contributed by atoms with E-state index in [9.17, 15) is 13.2 Å². The fourth-order valence-corrected chi connectivity index (χ4v) is 1.78. The van der Waals surface area contributed by atoms with Crippen LogP contribution < -0.4 is 5.49 Å². The smallest absolute Gasteiger partial charge is 0.301 e. The van der Waals surface area contributed by atoms with Gasteiger partial charge in [0.1, 0.15) is 5.49 Å². The van der Waals surface area contributed by atoms with Crippen LogP contribution in [0.3, 0.4) is 0 Å². The van der Waals surface area contributed by atoms with Crippen molar-refractivity contribution in [2.75, 3.05) is 0 Å². The molecule has 1 aromatic carbocycles. The molecule has 3 nitrogen and oxygen atoms in total. The van der Waals surface area contributed by atoms with Crippen LogP contribution in [0.1, 0.15) is 11.1 Å². The predicted octanol–water partition coefficient (Wildman–Crippen LogP) is 3.19. The van der Waals surface area contributed by atoms with Gasteiger partial charge in [0, 0.05) is 11.9 Å². The topological polar surface area (TPSA) is 41.1 Å². The highest BCUT2D eigenvalue weighted by Crippen LogP contribution is 2.30. The molecule has 0 spiro atoms. The number of hydrogen-bond donors (Lipinski definition) is 0. The van der Waals surface area contributed by atoms with Crippen LogP contribution in [-0.2, 0) is 6.18 Å². The Bertz CT molecular complexity index is 736. The number of aryl methyl sites for hydroxylation is 1. The highest BCUT2D eigenvalue weighted by molar-refractivity contribution is 5.37. The first-order valence-corrected chi connectivity index (χ1v) is 5.71. The molecule has 0 atom stereocenters. The third-order valence-electron chi connectivity index (χ3n) is 2.69. The Hall–Kier alpha value is -2.55. The van der Waals surface area contributed by atoms with E-state index >= 15 is 0 Å². The van der Waals surface area contributed by atoms with E-state index in [-0.39, 0.29) is 5.49 Å². The molecule has 1 heterocycles. The summed E-state index contributed by atoms with van der Waals surface area (Å²) in [5.74, 6) is 0. The summed E-state index contributed by atoms with van der Waals surface area (Å²) in [5.41, 5.74) is 0.682. The Morgan fingerprint density at radius 2 is 1.95 bits per heavy atom. The van der Waals surface area contributed by atoms with Crippen molar-refractivity contribution in [3.63, 3.8) is 0 Å². The summed E-state index contributed by atoms with van der Waals surface area (Å²) < 4.78 is 39.6. The molecule has 0 saturated carbocycles. The van der Waals surface area contributed by atoms with Gasteiger partial charge in [-0.2, -0.15) is 23.4 Å². The van der Waals surface area contributed by atoms with Gasteiger partial charge in [0.15, 0.2) is 0 Å². The van der Waals surface area contributed by atoms with Crippen LogP contribution >= 0.6 is 0 Å². The summed E-state index contributed by atoms with van der Waals surface area (Å²) in [6.07, 6.45) is -1.14. The van der Waals surface area contributed by atoms with Crippen molar-refractivity contribution in [2.45, 2.75) is 13.1 Å². The molecule has 102 valence electrons. The van der Waals surface area contributed by atoms with Gasteiger partial charge in [0.2, 0.25) is 6.19 Å². The Kier molecular flexibility index (Phi) is 3.61. The third kappa shape index (κ3) is 2.88. The highest BCUT2D eigenvalue weighted by atomic mass is 19.4. The summed E-state index contributed by atoms with van der Waals surface area (Å²) in [4.78, 5) is 3.60. The predicted molar refractivity (Wildman–Crippen MR) is 66.7 cm³/mol. The standard InChI is InChI=1S/C14H10F3N3/c1-10-5-6-13(19-9-18)20(8-10)12-4-2-3-11(7-12)14(15,16)17/h2-8H,1H3. The molecule has 20 heavy (non-hydrogen) atoms. The first-order chi connectivity index (χ1) is 9.41. The van der Waals surface area contributed by atoms with Crippen LogP contribution in [-0.4, -0.2) is 4.57 Å². The van der Waals surface area contributed by atoms with Crippen LogP contribution in [0.15, 0.2) is 47.6 Å². The van der Waals surface area contributed by atoms with Crippen LogP contribution in [0.2, 0.25) is 0 Å². The van der Waals surface area contributed by atoms with E-state index in [4.69, 9.17) is 5.26 Å². The Morgan fingerprint density at radius 1 is 1.20 bits per heavy atom. The normalized spacial score (nSPS) is 12.2. The van der Waals surface area contributed by atoms with Crippen molar-refractivity contribution in [2.24, 2.45) is 4.99 Å². The van der Waals surface area contributed by atoms with E-state index in [0.717, 1.165) is 17.7 Å². The zero-order chi connectivity index (χ0) is 14.8. The van der Waals surface area contributed by atoms with Crippen molar-refractivity contribution in [3.05, 3.63) is 59.2 Å². The lowest BCUT2D eigenvalue weighted by atomic mass is 10.2. The number of nitrogens with zero attached hydrogens (tertiary/aromatic N) is 3. The third-order valence-corrected chi connectivity index (χ3v) is 2.69. The number of rotatable bonds is 1. The molecule has 0 unspecified atom stereocenters. The SMILES string of the molecule is Cc1ccc(=NC#N)n(-c2cccc(C(F)(F)F)c2)c1. The molecule has 0 aliphatic carbocycles. The maximum Gasteiger partial charge on any atom is 0.416 e. The molecule has 0 bridgehead atoms. The second-order valence-corrected chi connectivity index (χ2v) is 4.19. The molecule has 0 amide bonds. The molecular weight excluding hydrogens is 267 g/mol. The van der Waals surface area contributed by atoms with Crippen molar-refractivity contribution in [3.8, 4) is 11.9 Å². The maximum absolute atomic E-state index is 12.7. The van der Waals surface area contributed by atoms with E-state index < -0.39 is 11.7 Å². The summed E-state index contributed by atoms with van der Waals surface area (Å²) >= 11 is 0. The van der Waals surface area contributed by atoms with E-state index in [1.165, 1.54) is 16.7 Å². The van der Waals surface area contributed by atoms with Gasteiger partial charge in [-0.25, -0.2) is 0 Å². The van der Waals surface area contributed by atoms with Gasteiger partial charge in [-0.3, -0.25) is 0 Å². The van der Waals surface area contributed by atoms with Crippen LogP contribution in [0.25, 0.3) is 5.69 Å². The van der Waals surface area contributed by atoms with Crippen molar-refractivity contribution >= 4 is 0 Å². The first-order valence-electron chi connectivity index (χ1n) is 5.71. The first kappa shape index (κ1) is 13.9. The van der Waals surface area contributed by atoms with Crippen molar-refractivity contribution in [1.82, 2.24) is 4.57 Å². The van der Waals surface area contributed by atoms with Gasteiger partial charge in [-0.15, -0.1) is 0 Å². The van der Waals surface area contributed by atoms with Crippen LogP contribution in [0.4, 0.5) is 13.2 Å². The number of benzene rings is 1. The fourth-order valence-electron chi connectivity index (χ4n) is 1.78. The van der Waals surface area contributed by atoms with Gasteiger partial charge in [0.05, 0.1) is 5.56 Å². The van der Waals surface area contributed by atoms with Crippen molar-refractivity contribution < 1.29 is 13.2 Å². The molecule has 0 aliphatic heterocycles. The average molecular weight is 277 g/mol. The molecular formula is C14H10F3N3. The highest BCUT2D eigenvalue weighted by Gasteiger charge is 2.30. The lowest BCUT2D eigenvalue weighted by Crippen LogP contribution is -2.19. The molecule has 0 saturated heterocycles. The number of nitriles is 1. The van der Waals surface area contributed by atoms with E-state index in [1.54, 1.807) is 31.4 Å². The van der Waals surface area contributed by atoms with Gasteiger partial charge in [0.25, 0.3) is 0 Å². The zero-order valence-electron chi connectivity index (χ0n) is 10.5. The second-order valence-electron chi connectivity index (χ2n) is 4.19. The largest absolute Gasteiger partial charge is 0.416 e. The number of pyridine rings is 1. The Morgan fingerprint density at radius 3 is 2.60 bits per heavy atom. The molecule has 0 fully saturated rings. The summed E-state index contributed by atoms with van der Waals surface area (Å²) in [5, 5.41) is 8.63. The fraction of sp³-hybridized carbons (Fsp3) is 0.143. The summed E-state index contributed by atoms with van der Waals surface area (Å²) in [6.45, 7) is 1.81. The van der Waals surface area contributed by atoms with Crippen LogP contribution in [0, 0.1) is 18.4 Å². The molecule has 0 N–H and O–H groups in total. The van der Waals surface area contributed by atoms with Crippen molar-refractivity contribution in [1.29, 1.82) is 5.26 Å². The molecule has 6 heteroatoms. The minimum Gasteiger partial charge on any atom is -0.301 e. The van der Waals surface area contributed by atoms with Gasteiger partial charge < -0.3 is 4.57 Å². The average Bonchev–Trinajstić information content (AvgIpc) is 2.40. The van der Waals surface area contributed by atoms with E-state index in [1.807, 2.05) is 0 Å². The van der Waals surface area contributed by atoms with Crippen LogP contribution in [0.5, 0.6) is 0 Å². The molecule has 0 radical (unpaired) electrons. The van der Waals surface area contributed by atoms with E-state index in [2.05, 4.69) is 4.99 Å². The number of alkyl halides is 3. The second kappa shape index (κ2) is 5.21. The Balaban J connectivity index is 2.67. The molecule has 1 aromatic heterocycles.